The van der Waals surface area contributed by atoms with Gasteiger partial charge in [0, 0.05) is 10.9 Å². The van der Waals surface area contributed by atoms with E-state index in [1.807, 2.05) is 0 Å². The number of rotatable bonds is 6. The summed E-state index contributed by atoms with van der Waals surface area (Å²) < 4.78 is 39.0. The van der Waals surface area contributed by atoms with Crippen molar-refractivity contribution in [3.63, 3.8) is 0 Å². The number of carbonyl (C=O) groups is 2. The molecule has 138 valence electrons. The molecular formula is C18H16BrF3N2O2. The Morgan fingerprint density at radius 1 is 1.12 bits per heavy atom. The molecule has 0 aliphatic carbocycles. The Bertz CT molecular complexity index is 809. The Kier molecular flexibility index (Phi) is 6.42. The van der Waals surface area contributed by atoms with Gasteiger partial charge >= 0.3 is 6.18 Å². The smallest absolute Gasteiger partial charge is 0.368 e. The fourth-order valence-corrected chi connectivity index (χ4v) is 2.84. The summed E-state index contributed by atoms with van der Waals surface area (Å²) in [5.41, 5.74) is 5.48. The number of benzene rings is 2. The summed E-state index contributed by atoms with van der Waals surface area (Å²) in [7, 11) is 0. The third-order valence-electron chi connectivity index (χ3n) is 3.68. The number of alkyl halides is 3. The molecule has 26 heavy (non-hydrogen) atoms. The third kappa shape index (κ3) is 5.59. The minimum atomic E-state index is -4.48. The zero-order valence-corrected chi connectivity index (χ0v) is 15.1. The zero-order valence-electron chi connectivity index (χ0n) is 13.5. The lowest BCUT2D eigenvalue weighted by Crippen LogP contribution is -2.46. The van der Waals surface area contributed by atoms with Gasteiger partial charge in [-0.1, -0.05) is 52.3 Å². The third-order valence-corrected chi connectivity index (χ3v) is 4.45. The topological polar surface area (TPSA) is 72.2 Å². The van der Waals surface area contributed by atoms with E-state index in [4.69, 9.17) is 5.73 Å². The molecule has 2 rings (SSSR count). The summed E-state index contributed by atoms with van der Waals surface area (Å²) in [4.78, 5) is 23.8. The number of halogens is 4. The van der Waals surface area contributed by atoms with Crippen molar-refractivity contribution in [3.8, 4) is 0 Å². The summed E-state index contributed by atoms with van der Waals surface area (Å²) >= 11 is 3.35. The molecule has 2 aromatic carbocycles. The lowest BCUT2D eigenvalue weighted by molar-refractivity contribution is -0.137. The van der Waals surface area contributed by atoms with Gasteiger partial charge in [0.1, 0.15) is 6.04 Å². The van der Waals surface area contributed by atoms with E-state index in [1.165, 1.54) is 12.1 Å². The predicted molar refractivity (Wildman–Crippen MR) is 94.1 cm³/mol. The molecule has 0 saturated heterocycles. The van der Waals surface area contributed by atoms with Gasteiger partial charge in [0.25, 0.3) is 0 Å². The van der Waals surface area contributed by atoms with Crippen LogP contribution in [0.2, 0.25) is 0 Å². The van der Waals surface area contributed by atoms with Crippen molar-refractivity contribution in [2.75, 3.05) is 0 Å². The molecule has 2 aromatic rings. The maximum absolute atomic E-state index is 12.7. The standard InChI is InChI=1S/C18H16BrF3N2O2/c19-14-7-2-1-5-12(14)10-15(17(23)26)24-16(25)9-11-4-3-6-13(8-11)18(20,21)22/h1-8,15H,9-10H2,(H2,23,26)(H,24,25)/t15-/m1/s1. The summed E-state index contributed by atoms with van der Waals surface area (Å²) in [5, 5.41) is 2.48. The first-order chi connectivity index (χ1) is 12.2. The molecule has 0 saturated carbocycles. The molecule has 0 aliphatic rings. The molecule has 3 N–H and O–H groups in total. The van der Waals surface area contributed by atoms with Gasteiger partial charge in [-0.2, -0.15) is 13.2 Å². The largest absolute Gasteiger partial charge is 0.416 e. The summed E-state index contributed by atoms with van der Waals surface area (Å²) in [6.07, 6.45) is -4.60. The Hall–Kier alpha value is -2.35. The second-order valence-corrected chi connectivity index (χ2v) is 6.55. The highest BCUT2D eigenvalue weighted by Crippen LogP contribution is 2.29. The van der Waals surface area contributed by atoms with Gasteiger partial charge in [-0.15, -0.1) is 0 Å². The highest BCUT2D eigenvalue weighted by Gasteiger charge is 2.30. The van der Waals surface area contributed by atoms with E-state index < -0.39 is 29.6 Å². The molecule has 0 spiro atoms. The lowest BCUT2D eigenvalue weighted by atomic mass is 10.0. The molecule has 4 nitrogen and oxygen atoms in total. The molecule has 0 aromatic heterocycles. The van der Waals surface area contributed by atoms with Gasteiger partial charge in [0.2, 0.25) is 11.8 Å². The van der Waals surface area contributed by atoms with Gasteiger partial charge in [-0.3, -0.25) is 9.59 Å². The maximum Gasteiger partial charge on any atom is 0.416 e. The SMILES string of the molecule is NC(=O)[C@@H](Cc1ccccc1Br)NC(=O)Cc1cccc(C(F)(F)F)c1. The second-order valence-electron chi connectivity index (χ2n) is 5.69. The number of hydrogen-bond donors (Lipinski definition) is 2. The van der Waals surface area contributed by atoms with Crippen molar-refractivity contribution in [1.29, 1.82) is 0 Å². The van der Waals surface area contributed by atoms with E-state index in [9.17, 15) is 22.8 Å². The zero-order chi connectivity index (χ0) is 19.3. The average molecular weight is 429 g/mol. The highest BCUT2D eigenvalue weighted by atomic mass is 79.9. The van der Waals surface area contributed by atoms with Crippen LogP contribution in [0.25, 0.3) is 0 Å². The van der Waals surface area contributed by atoms with Crippen LogP contribution in [-0.2, 0) is 28.6 Å². The molecule has 0 radical (unpaired) electrons. The van der Waals surface area contributed by atoms with Crippen LogP contribution in [-0.4, -0.2) is 17.9 Å². The second kappa shape index (κ2) is 8.35. The van der Waals surface area contributed by atoms with Crippen LogP contribution in [0.1, 0.15) is 16.7 Å². The van der Waals surface area contributed by atoms with Gasteiger partial charge in [-0.05, 0) is 23.3 Å². The number of carbonyl (C=O) groups excluding carboxylic acids is 2. The van der Waals surface area contributed by atoms with E-state index >= 15 is 0 Å². The van der Waals surface area contributed by atoms with Crippen LogP contribution < -0.4 is 11.1 Å². The minimum absolute atomic E-state index is 0.172. The van der Waals surface area contributed by atoms with E-state index in [2.05, 4.69) is 21.2 Å². The number of nitrogens with one attached hydrogen (secondary N) is 1. The molecule has 0 heterocycles. The maximum atomic E-state index is 12.7. The molecule has 0 fully saturated rings. The molecule has 2 amide bonds. The van der Waals surface area contributed by atoms with E-state index in [-0.39, 0.29) is 18.4 Å². The van der Waals surface area contributed by atoms with E-state index in [0.717, 1.165) is 22.2 Å². The van der Waals surface area contributed by atoms with Gasteiger partial charge in [-0.25, -0.2) is 0 Å². The van der Waals surface area contributed by atoms with Crippen LogP contribution in [0.15, 0.2) is 53.0 Å². The van der Waals surface area contributed by atoms with Gasteiger partial charge < -0.3 is 11.1 Å². The molecule has 1 atom stereocenters. The van der Waals surface area contributed by atoms with E-state index in [1.54, 1.807) is 24.3 Å². The van der Waals surface area contributed by atoms with Crippen LogP contribution >= 0.6 is 15.9 Å². The van der Waals surface area contributed by atoms with Crippen molar-refractivity contribution in [2.45, 2.75) is 25.1 Å². The number of amides is 2. The lowest BCUT2D eigenvalue weighted by Gasteiger charge is -2.17. The quantitative estimate of drug-likeness (QED) is 0.741. The summed E-state index contributed by atoms with van der Waals surface area (Å²) in [6, 6.07) is 10.7. The molecular weight excluding hydrogens is 413 g/mol. The van der Waals surface area contributed by atoms with Crippen LogP contribution in [0.5, 0.6) is 0 Å². The van der Waals surface area contributed by atoms with Crippen molar-refractivity contribution in [2.24, 2.45) is 5.73 Å². The van der Waals surface area contributed by atoms with Crippen molar-refractivity contribution >= 4 is 27.7 Å². The predicted octanol–water partition coefficient (Wildman–Crippen LogP) is 3.22. The Labute approximate surface area is 156 Å². The normalized spacial score (nSPS) is 12.5. The molecule has 8 heteroatoms. The highest BCUT2D eigenvalue weighted by molar-refractivity contribution is 9.10. The first-order valence-corrected chi connectivity index (χ1v) is 8.44. The summed E-state index contributed by atoms with van der Waals surface area (Å²) in [5.74, 6) is -1.31. The van der Waals surface area contributed by atoms with Crippen molar-refractivity contribution in [1.82, 2.24) is 5.32 Å². The molecule has 0 bridgehead atoms. The van der Waals surface area contributed by atoms with Crippen LogP contribution in [0.3, 0.4) is 0 Å². The van der Waals surface area contributed by atoms with Gasteiger partial charge in [0.15, 0.2) is 0 Å². The number of hydrogen-bond acceptors (Lipinski definition) is 2. The number of nitrogens with two attached hydrogens (primary N) is 1. The minimum Gasteiger partial charge on any atom is -0.368 e. The molecule has 0 unspecified atom stereocenters. The Morgan fingerprint density at radius 2 is 1.81 bits per heavy atom. The van der Waals surface area contributed by atoms with Crippen LogP contribution in [0, 0.1) is 0 Å². The first kappa shape index (κ1) is 20.0. The summed E-state index contributed by atoms with van der Waals surface area (Å²) in [6.45, 7) is 0. The number of primary amides is 1. The van der Waals surface area contributed by atoms with Crippen molar-refractivity contribution in [3.05, 3.63) is 69.7 Å². The Morgan fingerprint density at radius 3 is 2.42 bits per heavy atom. The first-order valence-electron chi connectivity index (χ1n) is 7.65. The molecule has 0 aliphatic heterocycles. The van der Waals surface area contributed by atoms with E-state index in [0.29, 0.717) is 0 Å². The van der Waals surface area contributed by atoms with Gasteiger partial charge in [0.05, 0.1) is 12.0 Å². The Balaban J connectivity index is 2.07. The average Bonchev–Trinajstić information content (AvgIpc) is 2.55. The fourth-order valence-electron chi connectivity index (χ4n) is 2.39. The fraction of sp³-hybridized carbons (Fsp3) is 0.222. The van der Waals surface area contributed by atoms with Crippen molar-refractivity contribution < 1.29 is 22.8 Å². The van der Waals surface area contributed by atoms with Crippen LogP contribution in [0.4, 0.5) is 13.2 Å². The monoisotopic (exact) mass is 428 g/mol.